The number of rotatable bonds is 4. The van der Waals surface area contributed by atoms with E-state index in [9.17, 15) is 4.79 Å². The lowest BCUT2D eigenvalue weighted by atomic mass is 10.1. The minimum Gasteiger partial charge on any atom is -0.465 e. The molecule has 1 aromatic heterocycles. The summed E-state index contributed by atoms with van der Waals surface area (Å²) >= 11 is 0. The lowest BCUT2D eigenvalue weighted by Crippen LogP contribution is -2.38. The van der Waals surface area contributed by atoms with Gasteiger partial charge in [-0.2, -0.15) is 5.10 Å². The number of ether oxygens (including phenoxy) is 1. The second kappa shape index (κ2) is 5.86. The van der Waals surface area contributed by atoms with Crippen molar-refractivity contribution in [1.82, 2.24) is 14.7 Å². The van der Waals surface area contributed by atoms with E-state index >= 15 is 0 Å². The maximum absolute atomic E-state index is 10.8. The molecule has 0 aromatic carbocycles. The number of likely N-dealkylation sites (tertiary alicyclic amines) is 1. The first-order valence-electron chi connectivity index (χ1n) is 6.30. The molecule has 0 atom stereocenters. The predicted octanol–water partition coefficient (Wildman–Crippen LogP) is 1.73. The van der Waals surface area contributed by atoms with Crippen molar-refractivity contribution >= 4 is 6.09 Å². The van der Waals surface area contributed by atoms with Gasteiger partial charge < -0.3 is 14.7 Å². The Hall–Kier alpha value is -1.56. The highest BCUT2D eigenvalue weighted by atomic mass is 16.5. The standard InChI is InChI=1S/C12H19N3O3/c1-2-18-9-10-3-8-15(13-10)11-4-6-14(7-5-11)12(16)17/h3,8,11H,2,4-7,9H2,1H3,(H,16,17). The minimum absolute atomic E-state index is 0.302. The topological polar surface area (TPSA) is 67.6 Å². The normalized spacial score (nSPS) is 17.1. The average molecular weight is 253 g/mol. The zero-order valence-corrected chi connectivity index (χ0v) is 10.6. The number of hydrogen-bond acceptors (Lipinski definition) is 3. The molecule has 1 aromatic rings. The Kier molecular flexibility index (Phi) is 4.19. The van der Waals surface area contributed by atoms with Crippen LogP contribution in [0.5, 0.6) is 0 Å². The molecule has 2 rings (SSSR count). The molecule has 1 aliphatic rings. The van der Waals surface area contributed by atoms with Crippen LogP contribution in [0.25, 0.3) is 0 Å². The van der Waals surface area contributed by atoms with Crippen molar-refractivity contribution < 1.29 is 14.6 Å². The zero-order chi connectivity index (χ0) is 13.0. The van der Waals surface area contributed by atoms with E-state index in [-0.39, 0.29) is 0 Å². The molecule has 18 heavy (non-hydrogen) atoms. The van der Waals surface area contributed by atoms with E-state index in [0.717, 1.165) is 18.5 Å². The number of hydrogen-bond donors (Lipinski definition) is 1. The van der Waals surface area contributed by atoms with E-state index in [1.165, 1.54) is 4.90 Å². The average Bonchev–Trinajstić information content (AvgIpc) is 2.85. The summed E-state index contributed by atoms with van der Waals surface area (Å²) in [6, 6.07) is 2.26. The highest BCUT2D eigenvalue weighted by Gasteiger charge is 2.23. The summed E-state index contributed by atoms with van der Waals surface area (Å²) in [5.74, 6) is 0. The third-order valence-corrected chi connectivity index (χ3v) is 3.23. The van der Waals surface area contributed by atoms with Gasteiger partial charge in [0.2, 0.25) is 0 Å². The van der Waals surface area contributed by atoms with Crippen LogP contribution in [0.3, 0.4) is 0 Å². The molecule has 0 bridgehead atoms. The number of carboxylic acid groups (broad SMARTS) is 1. The smallest absolute Gasteiger partial charge is 0.407 e. The first-order valence-corrected chi connectivity index (χ1v) is 6.30. The summed E-state index contributed by atoms with van der Waals surface area (Å²) in [4.78, 5) is 12.3. The van der Waals surface area contributed by atoms with Crippen molar-refractivity contribution in [2.45, 2.75) is 32.4 Å². The SMILES string of the molecule is CCOCc1ccn(C2CCN(C(=O)O)CC2)n1. The number of nitrogens with zero attached hydrogens (tertiary/aromatic N) is 3. The summed E-state index contributed by atoms with van der Waals surface area (Å²) in [5, 5.41) is 13.4. The van der Waals surface area contributed by atoms with Crippen molar-refractivity contribution in [2.24, 2.45) is 0 Å². The molecular formula is C12H19N3O3. The quantitative estimate of drug-likeness (QED) is 0.887. The Morgan fingerprint density at radius 3 is 2.89 bits per heavy atom. The van der Waals surface area contributed by atoms with E-state index in [1.807, 2.05) is 23.9 Å². The summed E-state index contributed by atoms with van der Waals surface area (Å²) in [7, 11) is 0. The highest BCUT2D eigenvalue weighted by Crippen LogP contribution is 2.22. The third-order valence-electron chi connectivity index (χ3n) is 3.23. The molecule has 1 saturated heterocycles. The van der Waals surface area contributed by atoms with Gasteiger partial charge in [0.1, 0.15) is 0 Å². The van der Waals surface area contributed by atoms with Gasteiger partial charge in [-0.15, -0.1) is 0 Å². The van der Waals surface area contributed by atoms with Gasteiger partial charge in [-0.25, -0.2) is 4.79 Å². The molecule has 1 aliphatic heterocycles. The first-order chi connectivity index (χ1) is 8.70. The predicted molar refractivity (Wildman–Crippen MR) is 65.4 cm³/mol. The van der Waals surface area contributed by atoms with Crippen LogP contribution in [0.15, 0.2) is 12.3 Å². The Balaban J connectivity index is 1.89. The van der Waals surface area contributed by atoms with Crippen molar-refractivity contribution in [2.75, 3.05) is 19.7 Å². The maximum atomic E-state index is 10.8. The molecule has 0 aliphatic carbocycles. The van der Waals surface area contributed by atoms with Crippen LogP contribution in [0.1, 0.15) is 31.5 Å². The number of aromatic nitrogens is 2. The monoisotopic (exact) mass is 253 g/mol. The lowest BCUT2D eigenvalue weighted by Gasteiger charge is -2.30. The first kappa shape index (κ1) is 12.9. The van der Waals surface area contributed by atoms with E-state index in [0.29, 0.717) is 32.3 Å². The van der Waals surface area contributed by atoms with E-state index < -0.39 is 6.09 Å². The summed E-state index contributed by atoms with van der Waals surface area (Å²) in [6.07, 6.45) is 2.77. The second-order valence-electron chi connectivity index (χ2n) is 4.43. The van der Waals surface area contributed by atoms with Gasteiger partial charge in [0.15, 0.2) is 0 Å². The van der Waals surface area contributed by atoms with E-state index in [1.54, 1.807) is 0 Å². The molecule has 0 spiro atoms. The Morgan fingerprint density at radius 2 is 2.28 bits per heavy atom. The fraction of sp³-hybridized carbons (Fsp3) is 0.667. The molecule has 6 heteroatoms. The molecule has 0 unspecified atom stereocenters. The summed E-state index contributed by atoms with van der Waals surface area (Å²) in [5.41, 5.74) is 0.928. The number of piperidine rings is 1. The number of carbonyl (C=O) groups is 1. The largest absolute Gasteiger partial charge is 0.465 e. The molecule has 1 N–H and O–H groups in total. The van der Waals surface area contributed by atoms with Gasteiger partial charge in [0.25, 0.3) is 0 Å². The van der Waals surface area contributed by atoms with E-state index in [2.05, 4.69) is 5.10 Å². The molecule has 1 fully saturated rings. The van der Waals surface area contributed by atoms with Crippen LogP contribution >= 0.6 is 0 Å². The van der Waals surface area contributed by atoms with Crippen LogP contribution in [-0.2, 0) is 11.3 Å². The fourth-order valence-electron chi connectivity index (χ4n) is 2.19. The lowest BCUT2D eigenvalue weighted by molar-refractivity contribution is 0.121. The van der Waals surface area contributed by atoms with Gasteiger partial charge >= 0.3 is 6.09 Å². The molecule has 1 amide bonds. The molecular weight excluding hydrogens is 234 g/mol. The fourth-order valence-corrected chi connectivity index (χ4v) is 2.19. The molecule has 0 radical (unpaired) electrons. The van der Waals surface area contributed by atoms with Crippen molar-refractivity contribution in [3.63, 3.8) is 0 Å². The summed E-state index contributed by atoms with van der Waals surface area (Å²) in [6.45, 7) is 4.35. The third kappa shape index (κ3) is 3.01. The van der Waals surface area contributed by atoms with Crippen LogP contribution in [0, 0.1) is 0 Å². The van der Waals surface area contributed by atoms with Crippen molar-refractivity contribution in [3.05, 3.63) is 18.0 Å². The molecule has 100 valence electrons. The molecule has 6 nitrogen and oxygen atoms in total. The second-order valence-corrected chi connectivity index (χ2v) is 4.43. The van der Waals surface area contributed by atoms with Crippen LogP contribution < -0.4 is 0 Å². The number of amides is 1. The van der Waals surface area contributed by atoms with Crippen LogP contribution in [-0.4, -0.2) is 45.6 Å². The summed E-state index contributed by atoms with van der Waals surface area (Å²) < 4.78 is 7.24. The van der Waals surface area contributed by atoms with Gasteiger partial charge in [-0.05, 0) is 25.8 Å². The Morgan fingerprint density at radius 1 is 1.56 bits per heavy atom. The van der Waals surface area contributed by atoms with Gasteiger partial charge in [0.05, 0.1) is 18.3 Å². The van der Waals surface area contributed by atoms with Crippen LogP contribution in [0.4, 0.5) is 4.79 Å². The van der Waals surface area contributed by atoms with Crippen molar-refractivity contribution in [1.29, 1.82) is 0 Å². The Labute approximate surface area is 106 Å². The van der Waals surface area contributed by atoms with Gasteiger partial charge in [0, 0.05) is 25.9 Å². The van der Waals surface area contributed by atoms with Gasteiger partial charge in [-0.1, -0.05) is 0 Å². The van der Waals surface area contributed by atoms with Gasteiger partial charge in [-0.3, -0.25) is 4.68 Å². The maximum Gasteiger partial charge on any atom is 0.407 e. The molecule has 2 heterocycles. The van der Waals surface area contributed by atoms with Crippen molar-refractivity contribution in [3.8, 4) is 0 Å². The zero-order valence-electron chi connectivity index (χ0n) is 10.6. The molecule has 0 saturated carbocycles. The Bertz CT molecular complexity index is 397. The highest BCUT2D eigenvalue weighted by molar-refractivity contribution is 5.64. The van der Waals surface area contributed by atoms with Crippen LogP contribution in [0.2, 0.25) is 0 Å². The minimum atomic E-state index is -0.828. The van der Waals surface area contributed by atoms with E-state index in [4.69, 9.17) is 9.84 Å².